The highest BCUT2D eigenvalue weighted by atomic mass is 16.5. The van der Waals surface area contributed by atoms with Crippen LogP contribution in [-0.4, -0.2) is 45.4 Å². The Kier molecular flexibility index (Phi) is 5.44. The first-order chi connectivity index (χ1) is 10.1. The van der Waals surface area contributed by atoms with E-state index in [0.717, 1.165) is 32.0 Å². The zero-order chi connectivity index (χ0) is 15.2. The number of nitrogens with one attached hydrogen (secondary N) is 1. The van der Waals surface area contributed by atoms with Gasteiger partial charge >= 0.3 is 5.97 Å². The van der Waals surface area contributed by atoms with Gasteiger partial charge in [-0.25, -0.2) is 0 Å². The SMILES string of the molecule is COC(=O)C(C)C(C)Nc1ccc(N2CCOCC2)cc1. The molecular weight excluding hydrogens is 268 g/mol. The first-order valence-electron chi connectivity index (χ1n) is 7.39. The Morgan fingerprint density at radius 1 is 1.24 bits per heavy atom. The average molecular weight is 292 g/mol. The van der Waals surface area contributed by atoms with Gasteiger partial charge in [-0.05, 0) is 38.1 Å². The molecule has 1 N–H and O–H groups in total. The summed E-state index contributed by atoms with van der Waals surface area (Å²) in [5.41, 5.74) is 2.22. The normalized spacial score (nSPS) is 18.0. The maximum Gasteiger partial charge on any atom is 0.310 e. The van der Waals surface area contributed by atoms with Gasteiger partial charge in [0.05, 0.1) is 26.2 Å². The monoisotopic (exact) mass is 292 g/mol. The molecule has 21 heavy (non-hydrogen) atoms. The van der Waals surface area contributed by atoms with Crippen molar-refractivity contribution in [2.75, 3.05) is 43.6 Å². The number of rotatable bonds is 5. The molecule has 1 aliphatic rings. The molecule has 1 saturated heterocycles. The summed E-state index contributed by atoms with van der Waals surface area (Å²) in [6, 6.07) is 8.31. The van der Waals surface area contributed by atoms with Gasteiger partial charge in [-0.2, -0.15) is 0 Å². The molecule has 0 spiro atoms. The van der Waals surface area contributed by atoms with Crippen molar-refractivity contribution in [2.45, 2.75) is 19.9 Å². The number of carbonyl (C=O) groups is 1. The molecule has 2 rings (SSSR count). The van der Waals surface area contributed by atoms with E-state index in [9.17, 15) is 4.79 Å². The Bertz CT molecular complexity index is 455. The first kappa shape index (κ1) is 15.6. The molecule has 0 bridgehead atoms. The van der Waals surface area contributed by atoms with Gasteiger partial charge in [0.25, 0.3) is 0 Å². The predicted octanol–water partition coefficient (Wildman–Crippen LogP) is 2.13. The van der Waals surface area contributed by atoms with Crippen molar-refractivity contribution >= 4 is 17.3 Å². The second-order valence-corrected chi connectivity index (χ2v) is 5.39. The van der Waals surface area contributed by atoms with Crippen LogP contribution >= 0.6 is 0 Å². The molecule has 116 valence electrons. The van der Waals surface area contributed by atoms with Crippen molar-refractivity contribution in [3.63, 3.8) is 0 Å². The van der Waals surface area contributed by atoms with Gasteiger partial charge in [0.1, 0.15) is 0 Å². The zero-order valence-corrected chi connectivity index (χ0v) is 13.0. The summed E-state index contributed by atoms with van der Waals surface area (Å²) in [6.45, 7) is 7.29. The summed E-state index contributed by atoms with van der Waals surface area (Å²) in [6.07, 6.45) is 0. The van der Waals surface area contributed by atoms with E-state index in [1.165, 1.54) is 12.8 Å². The Balaban J connectivity index is 1.94. The van der Waals surface area contributed by atoms with Crippen LogP contribution in [0.5, 0.6) is 0 Å². The first-order valence-corrected chi connectivity index (χ1v) is 7.39. The average Bonchev–Trinajstić information content (AvgIpc) is 2.54. The van der Waals surface area contributed by atoms with Crippen LogP contribution in [0.1, 0.15) is 13.8 Å². The molecule has 2 atom stereocenters. The summed E-state index contributed by atoms with van der Waals surface area (Å²) < 4.78 is 10.1. The smallest absolute Gasteiger partial charge is 0.310 e. The number of hydrogen-bond donors (Lipinski definition) is 1. The van der Waals surface area contributed by atoms with Crippen LogP contribution in [0.3, 0.4) is 0 Å². The number of carbonyl (C=O) groups excluding carboxylic acids is 1. The minimum absolute atomic E-state index is 0.0201. The summed E-state index contributed by atoms with van der Waals surface area (Å²) in [5, 5.41) is 3.34. The molecule has 5 heteroatoms. The summed E-state index contributed by atoms with van der Waals surface area (Å²) >= 11 is 0. The molecule has 0 aromatic heterocycles. The number of morpholine rings is 1. The van der Waals surface area contributed by atoms with E-state index >= 15 is 0 Å². The van der Waals surface area contributed by atoms with E-state index in [1.54, 1.807) is 0 Å². The predicted molar refractivity (Wildman–Crippen MR) is 83.7 cm³/mol. The Hall–Kier alpha value is -1.75. The molecule has 0 amide bonds. The molecule has 1 fully saturated rings. The number of ether oxygens (including phenoxy) is 2. The van der Waals surface area contributed by atoms with Crippen molar-refractivity contribution < 1.29 is 14.3 Å². The van der Waals surface area contributed by atoms with E-state index in [4.69, 9.17) is 9.47 Å². The van der Waals surface area contributed by atoms with E-state index in [1.807, 2.05) is 26.0 Å². The number of esters is 1. The highest BCUT2D eigenvalue weighted by molar-refractivity contribution is 5.73. The van der Waals surface area contributed by atoms with E-state index in [2.05, 4.69) is 22.3 Å². The molecule has 2 unspecified atom stereocenters. The maximum atomic E-state index is 11.5. The fourth-order valence-corrected chi connectivity index (χ4v) is 2.37. The number of benzene rings is 1. The van der Waals surface area contributed by atoms with Gasteiger partial charge in [-0.3, -0.25) is 4.79 Å². The van der Waals surface area contributed by atoms with Crippen molar-refractivity contribution in [2.24, 2.45) is 5.92 Å². The number of methoxy groups -OCH3 is 1. The van der Waals surface area contributed by atoms with Crippen LogP contribution in [-0.2, 0) is 14.3 Å². The lowest BCUT2D eigenvalue weighted by Crippen LogP contribution is -2.36. The van der Waals surface area contributed by atoms with Crippen LogP contribution in [0.25, 0.3) is 0 Å². The molecule has 0 aliphatic carbocycles. The van der Waals surface area contributed by atoms with Crippen LogP contribution in [0.2, 0.25) is 0 Å². The fraction of sp³-hybridized carbons (Fsp3) is 0.562. The number of nitrogens with zero attached hydrogens (tertiary/aromatic N) is 1. The summed E-state index contributed by atoms with van der Waals surface area (Å²) in [7, 11) is 1.42. The van der Waals surface area contributed by atoms with Gasteiger partial charge in [-0.1, -0.05) is 0 Å². The van der Waals surface area contributed by atoms with E-state index in [0.29, 0.717) is 0 Å². The van der Waals surface area contributed by atoms with Crippen LogP contribution < -0.4 is 10.2 Å². The summed E-state index contributed by atoms with van der Waals surface area (Å²) in [4.78, 5) is 13.8. The molecule has 0 radical (unpaired) electrons. The highest BCUT2D eigenvalue weighted by Crippen LogP contribution is 2.20. The molecule has 1 aliphatic heterocycles. The van der Waals surface area contributed by atoms with Crippen LogP contribution in [0.4, 0.5) is 11.4 Å². The second kappa shape index (κ2) is 7.31. The Morgan fingerprint density at radius 3 is 2.43 bits per heavy atom. The molecule has 0 saturated carbocycles. The molecule has 5 nitrogen and oxygen atoms in total. The van der Waals surface area contributed by atoms with Gasteiger partial charge in [0, 0.05) is 30.5 Å². The summed E-state index contributed by atoms with van der Waals surface area (Å²) in [5.74, 6) is -0.381. The third-order valence-electron chi connectivity index (χ3n) is 3.96. The van der Waals surface area contributed by atoms with Crippen molar-refractivity contribution in [1.82, 2.24) is 0 Å². The van der Waals surface area contributed by atoms with Gasteiger partial charge in [-0.15, -0.1) is 0 Å². The standard InChI is InChI=1S/C16H24N2O3/c1-12(16(19)20-3)13(2)17-14-4-6-15(7-5-14)18-8-10-21-11-9-18/h4-7,12-13,17H,8-11H2,1-3H3. The molecule has 1 heterocycles. The van der Waals surface area contributed by atoms with Crippen molar-refractivity contribution in [1.29, 1.82) is 0 Å². The van der Waals surface area contributed by atoms with E-state index < -0.39 is 0 Å². The number of hydrogen-bond acceptors (Lipinski definition) is 5. The zero-order valence-electron chi connectivity index (χ0n) is 13.0. The lowest BCUT2D eigenvalue weighted by atomic mass is 10.0. The van der Waals surface area contributed by atoms with Gasteiger partial charge < -0.3 is 19.7 Å². The van der Waals surface area contributed by atoms with E-state index in [-0.39, 0.29) is 17.9 Å². The maximum absolute atomic E-state index is 11.5. The second-order valence-electron chi connectivity index (χ2n) is 5.39. The fourth-order valence-electron chi connectivity index (χ4n) is 2.37. The lowest BCUT2D eigenvalue weighted by Gasteiger charge is -2.29. The van der Waals surface area contributed by atoms with Gasteiger partial charge in [0.15, 0.2) is 0 Å². The van der Waals surface area contributed by atoms with Crippen LogP contribution in [0.15, 0.2) is 24.3 Å². The topological polar surface area (TPSA) is 50.8 Å². The molecular formula is C16H24N2O3. The molecule has 1 aromatic carbocycles. The van der Waals surface area contributed by atoms with Crippen molar-refractivity contribution in [3.8, 4) is 0 Å². The molecule has 1 aromatic rings. The highest BCUT2D eigenvalue weighted by Gasteiger charge is 2.20. The number of anilines is 2. The lowest BCUT2D eigenvalue weighted by molar-refractivity contribution is -0.145. The third kappa shape index (κ3) is 4.11. The van der Waals surface area contributed by atoms with Gasteiger partial charge in [0.2, 0.25) is 0 Å². The third-order valence-corrected chi connectivity index (χ3v) is 3.96. The Labute approximate surface area is 126 Å². The minimum atomic E-state index is -0.195. The minimum Gasteiger partial charge on any atom is -0.469 e. The quantitative estimate of drug-likeness (QED) is 0.843. The van der Waals surface area contributed by atoms with Crippen LogP contribution in [0, 0.1) is 5.92 Å². The Morgan fingerprint density at radius 2 is 1.86 bits per heavy atom. The van der Waals surface area contributed by atoms with Crippen molar-refractivity contribution in [3.05, 3.63) is 24.3 Å². The largest absolute Gasteiger partial charge is 0.469 e.